The molecule has 10 heteroatoms. The number of aliphatic hydroxyl groups excluding tert-OH is 1. The van der Waals surface area contributed by atoms with Crippen molar-refractivity contribution < 1.29 is 24.1 Å². The van der Waals surface area contributed by atoms with Crippen LogP contribution in [-0.4, -0.2) is 64.4 Å². The molecule has 36 heavy (non-hydrogen) atoms. The number of hydrogen-bond donors (Lipinski definition) is 3. The monoisotopic (exact) mass is 508 g/mol. The number of para-hydroxylation sites is 1. The molecule has 0 spiro atoms. The number of H-pyrrole nitrogens is 1. The Labute approximate surface area is 212 Å². The molecule has 0 saturated carbocycles. The molecule has 0 amide bonds. The fourth-order valence-corrected chi connectivity index (χ4v) is 4.56. The first-order valence-corrected chi connectivity index (χ1v) is 11.9. The van der Waals surface area contributed by atoms with Crippen molar-refractivity contribution in [1.82, 2.24) is 15.0 Å². The second-order valence-electron chi connectivity index (χ2n) is 8.43. The minimum atomic E-state index is -0.279. The molecule has 9 nitrogen and oxygen atoms in total. The summed E-state index contributed by atoms with van der Waals surface area (Å²) in [6.07, 6.45) is 3.07. The Hall–Kier alpha value is -3.50. The summed E-state index contributed by atoms with van der Waals surface area (Å²) in [4.78, 5) is 25.3. The molecular formula is C26H25ClN4O5. The smallest absolute Gasteiger partial charge is 0.196 e. The van der Waals surface area contributed by atoms with Gasteiger partial charge in [-0.25, -0.2) is 9.97 Å². The highest BCUT2D eigenvalue weighted by atomic mass is 35.5. The van der Waals surface area contributed by atoms with E-state index in [0.29, 0.717) is 52.5 Å². The Morgan fingerprint density at radius 2 is 2.03 bits per heavy atom. The zero-order chi connectivity index (χ0) is 25.1. The summed E-state index contributed by atoms with van der Waals surface area (Å²) < 4.78 is 17.2. The molecule has 1 fully saturated rings. The highest BCUT2D eigenvalue weighted by Gasteiger charge is 2.32. The lowest BCUT2D eigenvalue weighted by Crippen LogP contribution is -2.47. The summed E-state index contributed by atoms with van der Waals surface area (Å²) in [5, 5.41) is 13.6. The molecule has 1 aliphatic rings. The van der Waals surface area contributed by atoms with Crippen LogP contribution in [0.4, 0.5) is 5.82 Å². The fraction of sp³-hybridized carbons (Fsp3) is 0.269. The van der Waals surface area contributed by atoms with Gasteiger partial charge in [0.2, 0.25) is 0 Å². The number of fused-ring (bicyclic) bond motifs is 1. The van der Waals surface area contributed by atoms with Crippen molar-refractivity contribution in [1.29, 1.82) is 0 Å². The number of methoxy groups -OCH3 is 1. The molecule has 3 heterocycles. The Kier molecular flexibility index (Phi) is 7.15. The van der Waals surface area contributed by atoms with Crippen LogP contribution in [0.5, 0.6) is 11.5 Å². The molecule has 5 rings (SSSR count). The molecular weight excluding hydrogens is 484 g/mol. The zero-order valence-electron chi connectivity index (χ0n) is 19.5. The average molecular weight is 509 g/mol. The second kappa shape index (κ2) is 10.6. The first-order chi connectivity index (χ1) is 17.6. The lowest BCUT2D eigenvalue weighted by atomic mass is 10.0. The van der Waals surface area contributed by atoms with Gasteiger partial charge in [-0.2, -0.15) is 0 Å². The van der Waals surface area contributed by atoms with E-state index >= 15 is 0 Å². The number of hydrogen-bond acceptors (Lipinski definition) is 8. The molecule has 186 valence electrons. The van der Waals surface area contributed by atoms with Crippen molar-refractivity contribution in [2.45, 2.75) is 24.7 Å². The van der Waals surface area contributed by atoms with Gasteiger partial charge in [0.15, 0.2) is 5.78 Å². The number of rotatable bonds is 8. The van der Waals surface area contributed by atoms with Crippen LogP contribution in [0, 0.1) is 0 Å². The van der Waals surface area contributed by atoms with Crippen LogP contribution in [0.1, 0.15) is 22.3 Å². The van der Waals surface area contributed by atoms with E-state index in [0.717, 1.165) is 0 Å². The van der Waals surface area contributed by atoms with Gasteiger partial charge in [0.1, 0.15) is 29.3 Å². The van der Waals surface area contributed by atoms with Crippen LogP contribution in [0.2, 0.25) is 5.02 Å². The van der Waals surface area contributed by atoms with Crippen LogP contribution < -0.4 is 10.1 Å². The number of ketones is 1. The molecule has 2 aromatic heterocycles. The number of carbonyl (C=O) groups is 1. The molecule has 2 aromatic carbocycles. The Morgan fingerprint density at radius 1 is 1.19 bits per heavy atom. The summed E-state index contributed by atoms with van der Waals surface area (Å²) in [5.74, 6) is 1.39. The van der Waals surface area contributed by atoms with Crippen molar-refractivity contribution in [3.63, 3.8) is 0 Å². The quantitative estimate of drug-likeness (QED) is 0.303. The lowest BCUT2D eigenvalue weighted by molar-refractivity contribution is -0.0831. The number of nitrogens with zero attached hydrogens (tertiary/aromatic N) is 2. The van der Waals surface area contributed by atoms with E-state index in [1.165, 1.54) is 6.33 Å². The number of nitrogens with one attached hydrogen (secondary N) is 2. The molecule has 1 aliphatic heterocycles. The van der Waals surface area contributed by atoms with Crippen molar-refractivity contribution in [2.75, 3.05) is 25.6 Å². The molecule has 0 aliphatic carbocycles. The Balaban J connectivity index is 1.42. The van der Waals surface area contributed by atoms with E-state index in [4.69, 9.17) is 25.8 Å². The van der Waals surface area contributed by atoms with Crippen LogP contribution in [0.25, 0.3) is 11.0 Å². The van der Waals surface area contributed by atoms with E-state index in [1.807, 2.05) is 30.3 Å². The molecule has 1 saturated heterocycles. The summed E-state index contributed by atoms with van der Waals surface area (Å²) >= 11 is 6.51. The van der Waals surface area contributed by atoms with Crippen LogP contribution in [0.3, 0.4) is 0 Å². The van der Waals surface area contributed by atoms with Gasteiger partial charge in [0, 0.05) is 31.4 Å². The maximum Gasteiger partial charge on any atom is 0.196 e. The number of benzene rings is 2. The lowest BCUT2D eigenvalue weighted by Gasteiger charge is -2.35. The van der Waals surface area contributed by atoms with Gasteiger partial charge >= 0.3 is 0 Å². The minimum absolute atomic E-state index is 0.0727. The topological polar surface area (TPSA) is 119 Å². The predicted molar refractivity (Wildman–Crippen MR) is 135 cm³/mol. The highest BCUT2D eigenvalue weighted by molar-refractivity contribution is 6.35. The number of carbonyl (C=O) groups excluding carboxylic acids is 1. The Morgan fingerprint density at radius 3 is 2.78 bits per heavy atom. The fourth-order valence-electron chi connectivity index (χ4n) is 4.30. The number of aromatic nitrogens is 3. The number of ether oxygens (including phenoxy) is 3. The van der Waals surface area contributed by atoms with Gasteiger partial charge in [0.25, 0.3) is 0 Å². The van der Waals surface area contributed by atoms with Gasteiger partial charge in [-0.15, -0.1) is 0 Å². The van der Waals surface area contributed by atoms with E-state index in [1.54, 1.807) is 31.5 Å². The number of halogens is 1. The van der Waals surface area contributed by atoms with Crippen LogP contribution in [-0.2, 0) is 9.47 Å². The van der Waals surface area contributed by atoms with Crippen molar-refractivity contribution in [2.24, 2.45) is 0 Å². The maximum absolute atomic E-state index is 13.6. The first kappa shape index (κ1) is 24.2. The normalized spacial score (nSPS) is 19.8. The van der Waals surface area contributed by atoms with Gasteiger partial charge in [-0.05, 0) is 24.3 Å². The standard InChI is InChI=1S/C26H25ClN4O5/c1-34-22-10-17(12-32)35-13-21(22)31-26-23-19(11-28-25(23)29-14-30-26)24(33)18-8-7-16(9-20(18)27)36-15-5-3-2-4-6-15/h2-9,11,14,17,21-22,32H,10,12-13H2,1H3,(H2,28,29,30,31)/t17-,21-,22+/m0/s1. The number of aliphatic hydroxyl groups is 1. The third kappa shape index (κ3) is 4.91. The van der Waals surface area contributed by atoms with E-state index < -0.39 is 0 Å². The summed E-state index contributed by atoms with van der Waals surface area (Å²) in [7, 11) is 1.62. The third-order valence-corrected chi connectivity index (χ3v) is 6.48. The first-order valence-electron chi connectivity index (χ1n) is 11.5. The SMILES string of the molecule is CO[C@@H]1C[C@@H](CO)OC[C@@H]1Nc1ncnc2[nH]cc(C(=O)c3ccc(Oc4ccccc4)cc3Cl)c12. The Bertz CT molecular complexity index is 1360. The van der Waals surface area contributed by atoms with Crippen molar-refractivity contribution in [3.8, 4) is 11.5 Å². The largest absolute Gasteiger partial charge is 0.457 e. The van der Waals surface area contributed by atoms with Gasteiger partial charge in [0.05, 0.1) is 47.4 Å². The molecule has 3 atom stereocenters. The highest BCUT2D eigenvalue weighted by Crippen LogP contribution is 2.32. The summed E-state index contributed by atoms with van der Waals surface area (Å²) in [5.41, 5.74) is 1.22. The van der Waals surface area contributed by atoms with Crippen molar-refractivity contribution in [3.05, 3.63) is 77.2 Å². The average Bonchev–Trinajstić information content (AvgIpc) is 3.34. The summed E-state index contributed by atoms with van der Waals surface area (Å²) in [6.45, 7) is 0.244. The van der Waals surface area contributed by atoms with Gasteiger partial charge in [-0.3, -0.25) is 4.79 Å². The van der Waals surface area contributed by atoms with E-state index in [2.05, 4.69) is 20.3 Å². The second-order valence-corrected chi connectivity index (χ2v) is 8.84. The predicted octanol–water partition coefficient (Wildman–Crippen LogP) is 4.21. The zero-order valence-corrected chi connectivity index (χ0v) is 20.2. The maximum atomic E-state index is 13.6. The van der Waals surface area contributed by atoms with E-state index in [9.17, 15) is 9.90 Å². The number of aromatic amines is 1. The summed E-state index contributed by atoms with van der Waals surface area (Å²) in [6, 6.07) is 14.1. The minimum Gasteiger partial charge on any atom is -0.457 e. The van der Waals surface area contributed by atoms with E-state index in [-0.39, 0.29) is 35.7 Å². The van der Waals surface area contributed by atoms with Gasteiger partial charge in [-0.1, -0.05) is 29.8 Å². The molecule has 4 aromatic rings. The molecule has 0 unspecified atom stereocenters. The van der Waals surface area contributed by atoms with Crippen LogP contribution in [0.15, 0.2) is 61.1 Å². The molecule has 0 radical (unpaired) electrons. The molecule has 0 bridgehead atoms. The van der Waals surface area contributed by atoms with Gasteiger partial charge < -0.3 is 29.6 Å². The molecule has 3 N–H and O–H groups in total. The third-order valence-electron chi connectivity index (χ3n) is 6.16. The van der Waals surface area contributed by atoms with Crippen molar-refractivity contribution >= 4 is 34.2 Å². The number of anilines is 1. The van der Waals surface area contributed by atoms with Crippen LogP contribution >= 0.6 is 11.6 Å².